The molecular weight excluding hydrogens is 517 g/mol. The van der Waals surface area contributed by atoms with Crippen LogP contribution in [0.1, 0.15) is 24.2 Å². The molecule has 38 heavy (non-hydrogen) atoms. The van der Waals surface area contributed by atoms with Gasteiger partial charge in [-0.2, -0.15) is 18.3 Å². The largest absolute Gasteiger partial charge is 0.487 e. The molecular formula is C25H24F5N3O5. The molecule has 204 valence electrons. The fourth-order valence-corrected chi connectivity index (χ4v) is 3.29. The molecule has 1 amide bonds. The Balaban J connectivity index is 1.96. The Morgan fingerprint density at radius 3 is 2.34 bits per heavy atom. The zero-order valence-electron chi connectivity index (χ0n) is 20.3. The second-order valence-corrected chi connectivity index (χ2v) is 8.81. The van der Waals surface area contributed by atoms with Crippen LogP contribution in [0.5, 0.6) is 11.5 Å². The van der Waals surface area contributed by atoms with Gasteiger partial charge in [0.25, 0.3) is 12.3 Å². The molecule has 2 aromatic carbocycles. The van der Waals surface area contributed by atoms with Crippen LogP contribution in [0.4, 0.5) is 27.6 Å². The Labute approximate surface area is 213 Å². The summed E-state index contributed by atoms with van der Waals surface area (Å²) in [5, 5.41) is 16.9. The smallest absolute Gasteiger partial charge is 0.422 e. The Bertz CT molecular complexity index is 1320. The summed E-state index contributed by atoms with van der Waals surface area (Å²) < 4.78 is 73.4. The van der Waals surface area contributed by atoms with Gasteiger partial charge in [-0.25, -0.2) is 8.78 Å². The third kappa shape index (κ3) is 8.26. The minimum absolute atomic E-state index is 0.0563. The van der Waals surface area contributed by atoms with Gasteiger partial charge in [0.1, 0.15) is 29.4 Å². The number of anilines is 1. The van der Waals surface area contributed by atoms with Crippen LogP contribution in [-0.4, -0.2) is 52.2 Å². The summed E-state index contributed by atoms with van der Waals surface area (Å²) in [6.07, 6.45) is -6.16. The van der Waals surface area contributed by atoms with E-state index in [1.54, 1.807) is 0 Å². The minimum Gasteiger partial charge on any atom is -0.487 e. The number of amides is 1. The molecule has 0 saturated heterocycles. The third-order valence-electron chi connectivity index (χ3n) is 4.78. The first-order valence-corrected chi connectivity index (χ1v) is 11.2. The van der Waals surface area contributed by atoms with E-state index in [2.05, 4.69) is 15.2 Å². The minimum atomic E-state index is -4.52. The Morgan fingerprint density at radius 2 is 1.74 bits per heavy atom. The van der Waals surface area contributed by atoms with E-state index in [0.29, 0.717) is 0 Å². The summed E-state index contributed by atoms with van der Waals surface area (Å²) in [6, 6.07) is 10.8. The number of hydrogen-bond acceptors (Lipinski definition) is 6. The average molecular weight is 541 g/mol. The number of carbonyl (C=O) groups is 1. The molecule has 0 fully saturated rings. The molecule has 13 heteroatoms. The maximum absolute atomic E-state index is 13.3. The first kappa shape index (κ1) is 28.6. The number of hydrogen-bond donors (Lipinski definition) is 2. The Kier molecular flexibility index (Phi) is 8.71. The van der Waals surface area contributed by atoms with Crippen LogP contribution >= 0.6 is 0 Å². The van der Waals surface area contributed by atoms with Crippen LogP contribution in [-0.2, 0) is 6.54 Å². The van der Waals surface area contributed by atoms with E-state index in [-0.39, 0.29) is 40.6 Å². The lowest BCUT2D eigenvalue weighted by molar-refractivity contribution is -0.153. The number of aromatic nitrogens is 2. The van der Waals surface area contributed by atoms with Gasteiger partial charge in [0.05, 0.1) is 12.1 Å². The summed E-state index contributed by atoms with van der Waals surface area (Å²) in [4.78, 5) is 26.4. The summed E-state index contributed by atoms with van der Waals surface area (Å²) in [6.45, 7) is 0.411. The number of para-hydroxylation sites is 1. The molecule has 0 radical (unpaired) electrons. The monoisotopic (exact) mass is 541 g/mol. The second-order valence-electron chi connectivity index (χ2n) is 8.81. The van der Waals surface area contributed by atoms with Gasteiger partial charge in [-0.15, -0.1) is 0 Å². The lowest BCUT2D eigenvalue weighted by atomic mass is 10.1. The molecule has 2 N–H and O–H groups in total. The first-order chi connectivity index (χ1) is 17.7. The molecule has 0 aliphatic rings. The van der Waals surface area contributed by atoms with E-state index < -0.39 is 42.8 Å². The van der Waals surface area contributed by atoms with Crippen LogP contribution in [0.25, 0.3) is 11.3 Å². The normalized spacial score (nSPS) is 11.9. The van der Waals surface area contributed by atoms with E-state index in [4.69, 9.17) is 4.74 Å². The molecule has 0 unspecified atom stereocenters. The highest BCUT2D eigenvalue weighted by Gasteiger charge is 2.28. The zero-order valence-corrected chi connectivity index (χ0v) is 20.3. The molecule has 3 rings (SSSR count). The molecule has 0 bridgehead atoms. The highest BCUT2D eigenvalue weighted by molar-refractivity contribution is 6.04. The SMILES string of the molecule is CC(C)(O)Cn1cc(C(=O)Nc2ccc(OCC(F)(F)F)cc2)c(=O)c(-c2ccccc2OCC(F)F)n1. The number of halogens is 5. The number of rotatable bonds is 10. The standard InChI is InChI=1S/C25H24F5N3O5/c1-24(2,36)13-33-11-18(23(35)31-15-7-9-16(10-8-15)38-14-25(28,29)30)22(34)21(32-33)17-5-3-4-6-19(17)37-12-20(26)27/h3-11,20,36H,12-14H2,1-2H3,(H,31,35). The fourth-order valence-electron chi connectivity index (χ4n) is 3.29. The van der Waals surface area contributed by atoms with Crippen molar-refractivity contribution in [3.63, 3.8) is 0 Å². The van der Waals surface area contributed by atoms with E-state index in [0.717, 1.165) is 6.20 Å². The predicted molar refractivity (Wildman–Crippen MR) is 128 cm³/mol. The number of ether oxygens (including phenoxy) is 2. The summed E-state index contributed by atoms with van der Waals surface area (Å²) in [7, 11) is 0. The number of benzene rings is 2. The van der Waals surface area contributed by atoms with Crippen molar-refractivity contribution in [3.8, 4) is 22.8 Å². The van der Waals surface area contributed by atoms with Gasteiger partial charge in [0, 0.05) is 17.4 Å². The van der Waals surface area contributed by atoms with Crippen LogP contribution in [0.15, 0.2) is 59.5 Å². The topological polar surface area (TPSA) is 103 Å². The maximum Gasteiger partial charge on any atom is 0.422 e. The second kappa shape index (κ2) is 11.6. The summed E-state index contributed by atoms with van der Waals surface area (Å²) in [5.41, 5.74) is -2.59. The summed E-state index contributed by atoms with van der Waals surface area (Å²) in [5.74, 6) is -1.02. The molecule has 0 spiro atoms. The predicted octanol–water partition coefficient (Wildman–Crippen LogP) is 4.52. The fraction of sp³-hybridized carbons (Fsp3) is 0.320. The van der Waals surface area contributed by atoms with Crippen molar-refractivity contribution in [2.24, 2.45) is 0 Å². The quantitative estimate of drug-likeness (QED) is 0.366. The lowest BCUT2D eigenvalue weighted by Gasteiger charge is -2.20. The number of carbonyl (C=O) groups excluding carboxylic acids is 1. The highest BCUT2D eigenvalue weighted by Crippen LogP contribution is 2.27. The molecule has 3 aromatic rings. The molecule has 0 aliphatic heterocycles. The molecule has 1 aromatic heterocycles. The van der Waals surface area contributed by atoms with E-state index in [1.807, 2.05) is 0 Å². The van der Waals surface area contributed by atoms with Gasteiger partial charge in [0.15, 0.2) is 6.61 Å². The first-order valence-electron chi connectivity index (χ1n) is 11.2. The van der Waals surface area contributed by atoms with Gasteiger partial charge in [-0.05, 0) is 50.2 Å². The number of nitrogens with one attached hydrogen (secondary N) is 1. The Morgan fingerprint density at radius 1 is 1.08 bits per heavy atom. The van der Waals surface area contributed by atoms with Crippen LogP contribution in [0.3, 0.4) is 0 Å². The number of nitrogens with zero attached hydrogens (tertiary/aromatic N) is 2. The van der Waals surface area contributed by atoms with Crippen LogP contribution < -0.4 is 20.2 Å². The molecule has 0 aliphatic carbocycles. The van der Waals surface area contributed by atoms with Crippen molar-refractivity contribution in [2.45, 2.75) is 38.6 Å². The molecule has 0 atom stereocenters. The zero-order chi connectivity index (χ0) is 28.1. The molecule has 1 heterocycles. The maximum atomic E-state index is 13.3. The van der Waals surface area contributed by atoms with E-state index in [9.17, 15) is 36.6 Å². The highest BCUT2D eigenvalue weighted by atomic mass is 19.4. The van der Waals surface area contributed by atoms with Crippen molar-refractivity contribution in [1.82, 2.24) is 9.78 Å². The van der Waals surface area contributed by atoms with Crippen LogP contribution in [0.2, 0.25) is 0 Å². The van der Waals surface area contributed by atoms with Crippen LogP contribution in [0, 0.1) is 0 Å². The van der Waals surface area contributed by atoms with Crippen molar-refractivity contribution in [2.75, 3.05) is 18.5 Å². The van der Waals surface area contributed by atoms with E-state index >= 15 is 0 Å². The van der Waals surface area contributed by atoms with Crippen molar-refractivity contribution < 1.29 is 41.3 Å². The number of aliphatic hydroxyl groups is 1. The molecule has 0 saturated carbocycles. The van der Waals surface area contributed by atoms with Gasteiger partial charge in [-0.3, -0.25) is 14.3 Å². The third-order valence-corrected chi connectivity index (χ3v) is 4.78. The van der Waals surface area contributed by atoms with Gasteiger partial charge >= 0.3 is 6.18 Å². The van der Waals surface area contributed by atoms with Crippen molar-refractivity contribution >= 4 is 11.6 Å². The van der Waals surface area contributed by atoms with Gasteiger partial charge < -0.3 is 19.9 Å². The Hall–Kier alpha value is -4.00. The van der Waals surface area contributed by atoms with Crippen molar-refractivity contribution in [1.29, 1.82) is 0 Å². The average Bonchev–Trinajstić information content (AvgIpc) is 2.82. The lowest BCUT2D eigenvalue weighted by Crippen LogP contribution is -2.32. The van der Waals surface area contributed by atoms with E-state index in [1.165, 1.54) is 67.1 Å². The molecule has 8 nitrogen and oxygen atoms in total. The van der Waals surface area contributed by atoms with Gasteiger partial charge in [-0.1, -0.05) is 12.1 Å². The van der Waals surface area contributed by atoms with Gasteiger partial charge in [0.2, 0.25) is 5.43 Å². The van der Waals surface area contributed by atoms with Crippen molar-refractivity contribution in [3.05, 3.63) is 70.5 Å². The summed E-state index contributed by atoms with van der Waals surface area (Å²) >= 11 is 0. The number of alkyl halides is 5.